The third kappa shape index (κ3) is 2.07. The lowest BCUT2D eigenvalue weighted by molar-refractivity contribution is 0.420. The number of nitrogens with zero attached hydrogens (tertiary/aromatic N) is 3. The molecule has 2 rings (SSSR count). The Labute approximate surface area is 103 Å². The molecule has 1 N–H and O–H groups in total. The lowest BCUT2D eigenvalue weighted by atomic mass is 10.00. The molecule has 1 saturated carbocycles. The second kappa shape index (κ2) is 4.50. The summed E-state index contributed by atoms with van der Waals surface area (Å²) in [5.41, 5.74) is -0.344. The predicted molar refractivity (Wildman–Crippen MR) is 66.6 cm³/mol. The highest BCUT2D eigenvalue weighted by atomic mass is 15.1. The molecule has 0 saturated heterocycles. The van der Waals surface area contributed by atoms with Gasteiger partial charge in [0.25, 0.3) is 0 Å². The molecule has 1 aliphatic rings. The van der Waals surface area contributed by atoms with Crippen LogP contribution in [0.15, 0.2) is 12.4 Å². The van der Waals surface area contributed by atoms with Crippen LogP contribution in [0.2, 0.25) is 0 Å². The van der Waals surface area contributed by atoms with Crippen molar-refractivity contribution in [2.24, 2.45) is 0 Å². The van der Waals surface area contributed by atoms with Gasteiger partial charge in [0.15, 0.2) is 0 Å². The first kappa shape index (κ1) is 12.1. The Hall–Kier alpha value is -1.34. The number of aromatic nitrogens is 2. The van der Waals surface area contributed by atoms with E-state index in [0.717, 1.165) is 25.1 Å². The fourth-order valence-corrected chi connectivity index (χ4v) is 2.72. The molecular formula is C13H20N4. The van der Waals surface area contributed by atoms with Crippen LogP contribution in [0.4, 0.5) is 0 Å². The van der Waals surface area contributed by atoms with E-state index in [0.29, 0.717) is 12.0 Å². The average Bonchev–Trinajstić information content (AvgIpc) is 2.96. The van der Waals surface area contributed by atoms with Crippen molar-refractivity contribution in [3.8, 4) is 6.07 Å². The molecule has 2 unspecified atom stereocenters. The number of hydrogen-bond acceptors (Lipinski definition) is 3. The van der Waals surface area contributed by atoms with Gasteiger partial charge in [-0.1, -0.05) is 13.8 Å². The van der Waals surface area contributed by atoms with Crippen molar-refractivity contribution >= 4 is 0 Å². The highest BCUT2D eigenvalue weighted by molar-refractivity contribution is 5.14. The molecule has 2 atom stereocenters. The zero-order valence-electron chi connectivity index (χ0n) is 10.8. The van der Waals surface area contributed by atoms with E-state index in [4.69, 9.17) is 0 Å². The van der Waals surface area contributed by atoms with Gasteiger partial charge in [-0.15, -0.1) is 0 Å². The fourth-order valence-electron chi connectivity index (χ4n) is 2.72. The van der Waals surface area contributed by atoms with Gasteiger partial charge in [-0.3, -0.25) is 0 Å². The Kier molecular flexibility index (Phi) is 3.21. The van der Waals surface area contributed by atoms with Crippen molar-refractivity contribution in [1.29, 1.82) is 5.26 Å². The Morgan fingerprint density at radius 3 is 2.94 bits per heavy atom. The minimum absolute atomic E-state index is 0.344. The summed E-state index contributed by atoms with van der Waals surface area (Å²) in [7, 11) is 1.88. The van der Waals surface area contributed by atoms with E-state index in [1.165, 1.54) is 0 Å². The monoisotopic (exact) mass is 232 g/mol. The number of rotatable bonds is 3. The standard InChI is InChI=1S/C13H20N4/c1-10(2)12-16-6-7-17(12)11-4-5-13(8-11,9-14)15-3/h6-7,10-11,15H,4-5,8H2,1-3H3. The van der Waals surface area contributed by atoms with E-state index in [1.807, 2.05) is 19.4 Å². The number of nitrogens with one attached hydrogen (secondary N) is 1. The molecule has 0 bridgehead atoms. The molecule has 0 radical (unpaired) electrons. The summed E-state index contributed by atoms with van der Waals surface area (Å²) < 4.78 is 2.25. The van der Waals surface area contributed by atoms with Gasteiger partial charge in [-0.2, -0.15) is 5.26 Å². The quantitative estimate of drug-likeness (QED) is 0.869. The summed E-state index contributed by atoms with van der Waals surface area (Å²) in [6, 6.07) is 2.83. The summed E-state index contributed by atoms with van der Waals surface area (Å²) in [5, 5.41) is 12.4. The van der Waals surface area contributed by atoms with Crippen molar-refractivity contribution in [3.05, 3.63) is 18.2 Å². The van der Waals surface area contributed by atoms with E-state index in [-0.39, 0.29) is 5.54 Å². The molecule has 1 fully saturated rings. The van der Waals surface area contributed by atoms with E-state index in [2.05, 4.69) is 34.8 Å². The van der Waals surface area contributed by atoms with Crippen LogP contribution in [0.3, 0.4) is 0 Å². The minimum Gasteiger partial charge on any atom is -0.332 e. The number of nitriles is 1. The topological polar surface area (TPSA) is 53.6 Å². The van der Waals surface area contributed by atoms with Gasteiger partial charge in [0.1, 0.15) is 11.4 Å². The highest BCUT2D eigenvalue weighted by Gasteiger charge is 2.39. The summed E-state index contributed by atoms with van der Waals surface area (Å²) in [4.78, 5) is 4.42. The van der Waals surface area contributed by atoms with Crippen LogP contribution in [0.5, 0.6) is 0 Å². The van der Waals surface area contributed by atoms with Crippen molar-refractivity contribution in [1.82, 2.24) is 14.9 Å². The van der Waals surface area contributed by atoms with Crippen LogP contribution in [0.25, 0.3) is 0 Å². The normalized spacial score (nSPS) is 28.5. The molecule has 0 aliphatic heterocycles. The molecule has 0 spiro atoms. The zero-order valence-corrected chi connectivity index (χ0v) is 10.8. The Bertz CT molecular complexity index is 429. The molecule has 4 heteroatoms. The van der Waals surface area contributed by atoms with Crippen molar-refractivity contribution < 1.29 is 0 Å². The van der Waals surface area contributed by atoms with E-state index in [9.17, 15) is 5.26 Å². The largest absolute Gasteiger partial charge is 0.332 e. The predicted octanol–water partition coefficient (Wildman–Crippen LogP) is 2.21. The molecule has 17 heavy (non-hydrogen) atoms. The van der Waals surface area contributed by atoms with Gasteiger partial charge >= 0.3 is 0 Å². The summed E-state index contributed by atoms with van der Waals surface area (Å²) in [6.45, 7) is 4.31. The molecule has 4 nitrogen and oxygen atoms in total. The summed E-state index contributed by atoms with van der Waals surface area (Å²) >= 11 is 0. The third-order valence-electron chi connectivity index (χ3n) is 3.79. The maximum atomic E-state index is 9.27. The Morgan fingerprint density at radius 1 is 1.65 bits per heavy atom. The van der Waals surface area contributed by atoms with E-state index in [1.54, 1.807) is 0 Å². The van der Waals surface area contributed by atoms with E-state index >= 15 is 0 Å². The van der Waals surface area contributed by atoms with Gasteiger partial charge < -0.3 is 9.88 Å². The van der Waals surface area contributed by atoms with Crippen LogP contribution in [-0.4, -0.2) is 22.1 Å². The lowest BCUT2D eigenvalue weighted by Gasteiger charge is -2.21. The van der Waals surface area contributed by atoms with E-state index < -0.39 is 0 Å². The van der Waals surface area contributed by atoms with Gasteiger partial charge in [-0.25, -0.2) is 4.98 Å². The molecule has 1 heterocycles. The second-order valence-corrected chi connectivity index (χ2v) is 5.19. The van der Waals surface area contributed by atoms with Gasteiger partial charge in [0.05, 0.1) is 6.07 Å². The van der Waals surface area contributed by atoms with Crippen molar-refractivity contribution in [2.75, 3.05) is 7.05 Å². The molecular weight excluding hydrogens is 212 g/mol. The SMILES string of the molecule is CNC1(C#N)CCC(n2ccnc2C(C)C)C1. The smallest absolute Gasteiger partial charge is 0.111 e. The first-order valence-electron chi connectivity index (χ1n) is 6.25. The molecule has 1 aromatic heterocycles. The molecule has 1 aromatic rings. The first-order chi connectivity index (χ1) is 8.12. The van der Waals surface area contributed by atoms with Crippen LogP contribution >= 0.6 is 0 Å². The zero-order chi connectivity index (χ0) is 12.5. The number of hydrogen-bond donors (Lipinski definition) is 1. The van der Waals surface area contributed by atoms with Crippen molar-refractivity contribution in [3.63, 3.8) is 0 Å². The maximum absolute atomic E-state index is 9.27. The molecule has 92 valence electrons. The Balaban J connectivity index is 2.21. The highest BCUT2D eigenvalue weighted by Crippen LogP contribution is 2.38. The van der Waals surface area contributed by atoms with Crippen LogP contribution in [-0.2, 0) is 0 Å². The van der Waals surface area contributed by atoms with Crippen molar-refractivity contribution in [2.45, 2.75) is 50.6 Å². The molecule has 1 aliphatic carbocycles. The van der Waals surface area contributed by atoms with Crippen LogP contribution in [0.1, 0.15) is 50.9 Å². The molecule has 0 amide bonds. The van der Waals surface area contributed by atoms with Crippen LogP contribution in [0, 0.1) is 11.3 Å². The maximum Gasteiger partial charge on any atom is 0.111 e. The summed E-state index contributed by atoms with van der Waals surface area (Å²) in [5.74, 6) is 1.55. The van der Waals surface area contributed by atoms with Gasteiger partial charge in [0, 0.05) is 24.4 Å². The van der Waals surface area contributed by atoms with Gasteiger partial charge in [0.2, 0.25) is 0 Å². The average molecular weight is 232 g/mol. The first-order valence-corrected chi connectivity index (χ1v) is 6.25. The molecule has 0 aromatic carbocycles. The second-order valence-electron chi connectivity index (χ2n) is 5.19. The third-order valence-corrected chi connectivity index (χ3v) is 3.79. The van der Waals surface area contributed by atoms with Crippen LogP contribution < -0.4 is 5.32 Å². The lowest BCUT2D eigenvalue weighted by Crippen LogP contribution is -2.38. The minimum atomic E-state index is -0.344. The number of imidazole rings is 1. The van der Waals surface area contributed by atoms with Gasteiger partial charge in [-0.05, 0) is 26.3 Å². The Morgan fingerprint density at radius 2 is 2.41 bits per heavy atom. The summed E-state index contributed by atoms with van der Waals surface area (Å²) in [6.07, 6.45) is 6.74. The fraction of sp³-hybridized carbons (Fsp3) is 0.692.